The maximum absolute atomic E-state index is 11.9. The average Bonchev–Trinajstić information content (AvgIpc) is 2.09. The third-order valence-electron chi connectivity index (χ3n) is 2.84. The van der Waals surface area contributed by atoms with E-state index >= 15 is 0 Å². The van der Waals surface area contributed by atoms with Crippen molar-refractivity contribution in [2.24, 2.45) is 5.92 Å². The van der Waals surface area contributed by atoms with Crippen LogP contribution >= 0.6 is 0 Å². The number of rotatable bonds is 5. The minimum Gasteiger partial charge on any atom is -0.480 e. The number of carbonyl (C=O) groups excluding carboxylic acids is 1. The summed E-state index contributed by atoms with van der Waals surface area (Å²) in [5.41, 5.74) is 0. The van der Waals surface area contributed by atoms with Crippen molar-refractivity contribution in [2.45, 2.75) is 26.3 Å². The molecule has 15 heavy (non-hydrogen) atoms. The molecule has 0 aromatic heterocycles. The predicted octanol–water partition coefficient (Wildman–Crippen LogP) is -0.0825. The van der Waals surface area contributed by atoms with Crippen molar-refractivity contribution in [1.82, 2.24) is 10.2 Å². The van der Waals surface area contributed by atoms with Crippen LogP contribution in [0.1, 0.15) is 20.3 Å². The van der Waals surface area contributed by atoms with E-state index in [1.54, 1.807) is 0 Å². The van der Waals surface area contributed by atoms with E-state index in [1.165, 1.54) is 4.90 Å². The average molecular weight is 214 g/mol. The Morgan fingerprint density at radius 3 is 2.47 bits per heavy atom. The molecule has 1 aliphatic heterocycles. The van der Waals surface area contributed by atoms with Gasteiger partial charge in [0.15, 0.2) is 0 Å². The highest BCUT2D eigenvalue weighted by Crippen LogP contribution is 2.12. The lowest BCUT2D eigenvalue weighted by atomic mass is 10.0. The Kier molecular flexibility index (Phi) is 4.08. The number of carboxylic acid groups (broad SMARTS) is 1. The number of carboxylic acids is 1. The quantitative estimate of drug-likeness (QED) is 0.671. The van der Waals surface area contributed by atoms with Crippen molar-refractivity contribution in [3.05, 3.63) is 0 Å². The van der Waals surface area contributed by atoms with Gasteiger partial charge in [-0.15, -0.1) is 0 Å². The zero-order valence-corrected chi connectivity index (χ0v) is 9.19. The summed E-state index contributed by atoms with van der Waals surface area (Å²) in [7, 11) is 0. The normalized spacial score (nSPS) is 18.0. The molecule has 1 atom stereocenters. The molecule has 1 saturated heterocycles. The van der Waals surface area contributed by atoms with Crippen LogP contribution in [0.4, 0.5) is 0 Å². The zero-order chi connectivity index (χ0) is 11.4. The van der Waals surface area contributed by atoms with Gasteiger partial charge in [-0.2, -0.15) is 0 Å². The van der Waals surface area contributed by atoms with E-state index in [4.69, 9.17) is 5.11 Å². The lowest BCUT2D eigenvalue weighted by molar-refractivity contribution is -0.149. The van der Waals surface area contributed by atoms with E-state index in [-0.39, 0.29) is 24.4 Å². The van der Waals surface area contributed by atoms with Gasteiger partial charge in [-0.1, -0.05) is 6.92 Å². The van der Waals surface area contributed by atoms with Gasteiger partial charge >= 0.3 is 5.97 Å². The largest absolute Gasteiger partial charge is 0.480 e. The molecule has 0 aromatic rings. The van der Waals surface area contributed by atoms with Gasteiger partial charge < -0.3 is 15.3 Å². The summed E-state index contributed by atoms with van der Waals surface area (Å²) in [5, 5.41) is 11.8. The van der Waals surface area contributed by atoms with Gasteiger partial charge in [0, 0.05) is 19.1 Å². The highest BCUT2D eigenvalue weighted by Gasteiger charge is 2.32. The molecule has 0 spiro atoms. The summed E-state index contributed by atoms with van der Waals surface area (Å²) in [6.07, 6.45) is 0.777. The standard InChI is InChI=1S/C10H18N2O3/c1-3-7(2)12(6-9(13)14)10(15)8-4-11-5-8/h7-8,11H,3-6H2,1-2H3,(H,13,14). The first-order valence-corrected chi connectivity index (χ1v) is 5.29. The van der Waals surface area contributed by atoms with E-state index in [0.29, 0.717) is 13.1 Å². The summed E-state index contributed by atoms with van der Waals surface area (Å²) < 4.78 is 0. The highest BCUT2D eigenvalue weighted by molar-refractivity contribution is 5.84. The Hall–Kier alpha value is -1.10. The second-order valence-electron chi connectivity index (χ2n) is 3.97. The maximum atomic E-state index is 11.9. The Morgan fingerprint density at radius 1 is 1.53 bits per heavy atom. The second-order valence-corrected chi connectivity index (χ2v) is 3.97. The molecule has 1 rings (SSSR count). The first kappa shape index (κ1) is 12.0. The Bertz CT molecular complexity index is 251. The van der Waals surface area contributed by atoms with E-state index < -0.39 is 5.97 Å². The zero-order valence-electron chi connectivity index (χ0n) is 9.19. The maximum Gasteiger partial charge on any atom is 0.323 e. The van der Waals surface area contributed by atoms with Crippen molar-refractivity contribution in [3.63, 3.8) is 0 Å². The highest BCUT2D eigenvalue weighted by atomic mass is 16.4. The van der Waals surface area contributed by atoms with Crippen LogP contribution in [0.15, 0.2) is 0 Å². The fraction of sp³-hybridized carbons (Fsp3) is 0.800. The van der Waals surface area contributed by atoms with Crippen LogP contribution in [0, 0.1) is 5.92 Å². The molecular formula is C10H18N2O3. The van der Waals surface area contributed by atoms with Gasteiger partial charge in [-0.05, 0) is 13.3 Å². The topological polar surface area (TPSA) is 69.6 Å². The molecule has 0 radical (unpaired) electrons. The monoisotopic (exact) mass is 214 g/mol. The molecule has 1 heterocycles. The molecule has 1 unspecified atom stereocenters. The Morgan fingerprint density at radius 2 is 2.13 bits per heavy atom. The van der Waals surface area contributed by atoms with Gasteiger partial charge in [0.2, 0.25) is 5.91 Å². The predicted molar refractivity (Wildman–Crippen MR) is 55.5 cm³/mol. The van der Waals surface area contributed by atoms with Gasteiger partial charge in [-0.3, -0.25) is 9.59 Å². The van der Waals surface area contributed by atoms with Crippen molar-refractivity contribution in [2.75, 3.05) is 19.6 Å². The number of hydrogen-bond donors (Lipinski definition) is 2. The fourth-order valence-electron chi connectivity index (χ4n) is 1.51. The van der Waals surface area contributed by atoms with Gasteiger partial charge in [-0.25, -0.2) is 0 Å². The van der Waals surface area contributed by atoms with Crippen LogP contribution in [-0.4, -0.2) is 47.6 Å². The third-order valence-corrected chi connectivity index (χ3v) is 2.84. The third kappa shape index (κ3) is 2.92. The molecule has 0 bridgehead atoms. The first-order valence-electron chi connectivity index (χ1n) is 5.29. The lowest BCUT2D eigenvalue weighted by Gasteiger charge is -2.34. The molecule has 1 fully saturated rings. The Labute approximate surface area is 89.4 Å². The molecule has 5 heteroatoms. The molecule has 0 aromatic carbocycles. The number of nitrogens with zero attached hydrogens (tertiary/aromatic N) is 1. The molecular weight excluding hydrogens is 196 g/mol. The van der Waals surface area contributed by atoms with Gasteiger partial charge in [0.25, 0.3) is 0 Å². The minimum absolute atomic E-state index is 0.00537. The number of carbonyl (C=O) groups is 2. The number of hydrogen-bond acceptors (Lipinski definition) is 3. The molecule has 0 saturated carbocycles. The van der Waals surface area contributed by atoms with Crippen LogP contribution in [0.3, 0.4) is 0 Å². The number of aliphatic carboxylic acids is 1. The van der Waals surface area contributed by atoms with Crippen molar-refractivity contribution in [3.8, 4) is 0 Å². The molecule has 5 nitrogen and oxygen atoms in total. The van der Waals surface area contributed by atoms with Crippen LogP contribution in [0.25, 0.3) is 0 Å². The smallest absolute Gasteiger partial charge is 0.323 e. The van der Waals surface area contributed by atoms with E-state index in [2.05, 4.69) is 5.32 Å². The van der Waals surface area contributed by atoms with Crippen LogP contribution in [0.5, 0.6) is 0 Å². The first-order chi connectivity index (χ1) is 7.06. The fourth-order valence-corrected chi connectivity index (χ4v) is 1.51. The van der Waals surface area contributed by atoms with Crippen molar-refractivity contribution in [1.29, 1.82) is 0 Å². The van der Waals surface area contributed by atoms with Gasteiger partial charge in [0.05, 0.1) is 5.92 Å². The Balaban J connectivity index is 2.61. The lowest BCUT2D eigenvalue weighted by Crippen LogP contribution is -2.54. The molecule has 0 aliphatic carbocycles. The molecule has 2 N–H and O–H groups in total. The summed E-state index contributed by atoms with van der Waals surface area (Å²) in [6.45, 7) is 4.99. The number of amides is 1. The number of nitrogens with one attached hydrogen (secondary N) is 1. The van der Waals surface area contributed by atoms with Gasteiger partial charge in [0.1, 0.15) is 6.54 Å². The van der Waals surface area contributed by atoms with Crippen molar-refractivity contribution >= 4 is 11.9 Å². The summed E-state index contributed by atoms with van der Waals surface area (Å²) in [5.74, 6) is -1.01. The summed E-state index contributed by atoms with van der Waals surface area (Å²) in [4.78, 5) is 24.0. The van der Waals surface area contributed by atoms with Crippen molar-refractivity contribution < 1.29 is 14.7 Å². The second kappa shape index (κ2) is 5.11. The summed E-state index contributed by atoms with van der Waals surface area (Å²) in [6, 6.07) is -0.00537. The minimum atomic E-state index is -0.948. The van der Waals surface area contributed by atoms with E-state index in [1.807, 2.05) is 13.8 Å². The SMILES string of the molecule is CCC(C)N(CC(=O)O)C(=O)C1CNC1. The summed E-state index contributed by atoms with van der Waals surface area (Å²) >= 11 is 0. The molecule has 1 amide bonds. The van der Waals surface area contributed by atoms with Crippen LogP contribution in [0.2, 0.25) is 0 Å². The van der Waals surface area contributed by atoms with Crippen LogP contribution in [-0.2, 0) is 9.59 Å². The van der Waals surface area contributed by atoms with E-state index in [0.717, 1.165) is 6.42 Å². The van der Waals surface area contributed by atoms with E-state index in [9.17, 15) is 9.59 Å². The molecule has 86 valence electrons. The molecule has 1 aliphatic rings. The van der Waals surface area contributed by atoms with Crippen LogP contribution < -0.4 is 5.32 Å².